The van der Waals surface area contributed by atoms with Gasteiger partial charge in [-0.25, -0.2) is 0 Å². The SMILES string of the molecule is CCCc1nc(COc2c(C)cc(C#N)cc2C)no1. The second-order valence-electron chi connectivity index (χ2n) is 4.69. The van der Waals surface area contributed by atoms with E-state index in [1.165, 1.54) is 0 Å². The molecule has 0 saturated heterocycles. The normalized spacial score (nSPS) is 10.3. The average Bonchev–Trinajstić information content (AvgIpc) is 2.85. The lowest BCUT2D eigenvalue weighted by Gasteiger charge is -2.10. The Hall–Kier alpha value is -2.35. The van der Waals surface area contributed by atoms with Gasteiger partial charge in [-0.2, -0.15) is 10.2 Å². The molecule has 20 heavy (non-hydrogen) atoms. The summed E-state index contributed by atoms with van der Waals surface area (Å²) in [7, 11) is 0. The lowest BCUT2D eigenvalue weighted by atomic mass is 10.1. The third-order valence-corrected chi connectivity index (χ3v) is 2.91. The zero-order chi connectivity index (χ0) is 14.5. The van der Waals surface area contributed by atoms with Crippen molar-refractivity contribution in [1.82, 2.24) is 10.1 Å². The Kier molecular flexibility index (Phi) is 4.36. The molecule has 5 heteroatoms. The highest BCUT2D eigenvalue weighted by atomic mass is 16.5. The summed E-state index contributed by atoms with van der Waals surface area (Å²) < 4.78 is 10.9. The second-order valence-corrected chi connectivity index (χ2v) is 4.69. The third-order valence-electron chi connectivity index (χ3n) is 2.91. The lowest BCUT2D eigenvalue weighted by molar-refractivity contribution is 0.281. The van der Waals surface area contributed by atoms with E-state index in [1.807, 2.05) is 13.8 Å². The molecule has 0 amide bonds. The fourth-order valence-electron chi connectivity index (χ4n) is 2.04. The van der Waals surface area contributed by atoms with Gasteiger partial charge in [0.05, 0.1) is 11.6 Å². The van der Waals surface area contributed by atoms with E-state index in [0.29, 0.717) is 17.3 Å². The highest BCUT2D eigenvalue weighted by Crippen LogP contribution is 2.25. The van der Waals surface area contributed by atoms with Crippen LogP contribution in [0.1, 0.15) is 41.8 Å². The quantitative estimate of drug-likeness (QED) is 0.835. The summed E-state index contributed by atoms with van der Waals surface area (Å²) in [4.78, 5) is 4.25. The van der Waals surface area contributed by atoms with E-state index < -0.39 is 0 Å². The zero-order valence-electron chi connectivity index (χ0n) is 11.9. The number of rotatable bonds is 5. The topological polar surface area (TPSA) is 71.9 Å². The maximum Gasteiger partial charge on any atom is 0.226 e. The van der Waals surface area contributed by atoms with Crippen LogP contribution in [-0.2, 0) is 13.0 Å². The Morgan fingerprint density at radius 3 is 2.60 bits per heavy atom. The molecule has 2 aromatic rings. The van der Waals surface area contributed by atoms with Crippen molar-refractivity contribution < 1.29 is 9.26 Å². The zero-order valence-corrected chi connectivity index (χ0v) is 11.9. The predicted molar refractivity (Wildman–Crippen MR) is 73.3 cm³/mol. The molecule has 0 saturated carbocycles. The van der Waals surface area contributed by atoms with E-state index in [4.69, 9.17) is 14.5 Å². The van der Waals surface area contributed by atoms with E-state index in [1.54, 1.807) is 12.1 Å². The van der Waals surface area contributed by atoms with Gasteiger partial charge < -0.3 is 9.26 Å². The molecule has 0 aliphatic rings. The van der Waals surface area contributed by atoms with Crippen LogP contribution in [0.5, 0.6) is 5.75 Å². The fourth-order valence-corrected chi connectivity index (χ4v) is 2.04. The van der Waals surface area contributed by atoms with Gasteiger partial charge in [-0.3, -0.25) is 0 Å². The number of hydrogen-bond acceptors (Lipinski definition) is 5. The van der Waals surface area contributed by atoms with Gasteiger partial charge in [0.25, 0.3) is 0 Å². The molecule has 0 radical (unpaired) electrons. The van der Waals surface area contributed by atoms with Crippen LogP contribution in [0.3, 0.4) is 0 Å². The van der Waals surface area contributed by atoms with Crippen molar-refractivity contribution in [2.45, 2.75) is 40.2 Å². The van der Waals surface area contributed by atoms with Crippen LogP contribution in [-0.4, -0.2) is 10.1 Å². The fraction of sp³-hybridized carbons (Fsp3) is 0.400. The number of aryl methyl sites for hydroxylation is 3. The summed E-state index contributed by atoms with van der Waals surface area (Å²) in [5, 5.41) is 12.8. The summed E-state index contributed by atoms with van der Waals surface area (Å²) in [6, 6.07) is 5.74. The average molecular weight is 271 g/mol. The van der Waals surface area contributed by atoms with Crippen LogP contribution < -0.4 is 4.74 Å². The van der Waals surface area contributed by atoms with E-state index in [2.05, 4.69) is 23.1 Å². The summed E-state index contributed by atoms with van der Waals surface area (Å²) in [5.41, 5.74) is 2.50. The Labute approximate surface area is 118 Å². The number of aromatic nitrogens is 2. The number of benzene rings is 1. The molecule has 2 rings (SSSR count). The van der Waals surface area contributed by atoms with Crippen LogP contribution in [0.25, 0.3) is 0 Å². The molecule has 0 fully saturated rings. The molecule has 1 aromatic carbocycles. The maximum atomic E-state index is 8.92. The summed E-state index contributed by atoms with van der Waals surface area (Å²) >= 11 is 0. The highest BCUT2D eigenvalue weighted by molar-refractivity contribution is 5.47. The van der Waals surface area contributed by atoms with E-state index in [-0.39, 0.29) is 6.61 Å². The van der Waals surface area contributed by atoms with E-state index >= 15 is 0 Å². The molecule has 0 aliphatic heterocycles. The molecule has 0 aliphatic carbocycles. The standard InChI is InChI=1S/C15H17N3O2/c1-4-5-14-17-13(18-20-14)9-19-15-10(2)6-12(8-16)7-11(15)3/h6-7H,4-5,9H2,1-3H3. The molecular formula is C15H17N3O2. The first-order valence-corrected chi connectivity index (χ1v) is 6.59. The Balaban J connectivity index is 2.09. The summed E-state index contributed by atoms with van der Waals surface area (Å²) in [5.74, 6) is 1.95. The minimum Gasteiger partial charge on any atom is -0.485 e. The van der Waals surface area contributed by atoms with Gasteiger partial charge in [-0.1, -0.05) is 12.1 Å². The first-order valence-electron chi connectivity index (χ1n) is 6.59. The molecule has 0 atom stereocenters. The van der Waals surface area contributed by atoms with Gasteiger partial charge in [-0.05, 0) is 43.5 Å². The van der Waals surface area contributed by atoms with Crippen LogP contribution in [0.2, 0.25) is 0 Å². The number of ether oxygens (including phenoxy) is 1. The van der Waals surface area contributed by atoms with Crippen LogP contribution >= 0.6 is 0 Å². The van der Waals surface area contributed by atoms with Crippen molar-refractivity contribution in [3.8, 4) is 11.8 Å². The Morgan fingerprint density at radius 2 is 2.00 bits per heavy atom. The third kappa shape index (κ3) is 3.15. The van der Waals surface area contributed by atoms with Gasteiger partial charge in [0.1, 0.15) is 5.75 Å². The smallest absolute Gasteiger partial charge is 0.226 e. The number of nitrogens with zero attached hydrogens (tertiary/aromatic N) is 3. The van der Waals surface area contributed by atoms with Gasteiger partial charge >= 0.3 is 0 Å². The minimum atomic E-state index is 0.265. The summed E-state index contributed by atoms with van der Waals surface area (Å²) in [6.07, 6.45) is 1.75. The highest BCUT2D eigenvalue weighted by Gasteiger charge is 2.10. The number of hydrogen-bond donors (Lipinski definition) is 0. The molecule has 0 unspecified atom stereocenters. The van der Waals surface area contributed by atoms with Crippen molar-refractivity contribution in [1.29, 1.82) is 5.26 Å². The van der Waals surface area contributed by atoms with Crippen molar-refractivity contribution in [3.05, 3.63) is 40.5 Å². The maximum absolute atomic E-state index is 8.92. The molecule has 0 spiro atoms. The predicted octanol–water partition coefficient (Wildman–Crippen LogP) is 3.09. The molecule has 1 heterocycles. The monoisotopic (exact) mass is 271 g/mol. The first kappa shape index (κ1) is 14.1. The molecule has 104 valence electrons. The van der Waals surface area contributed by atoms with Crippen LogP contribution in [0, 0.1) is 25.2 Å². The van der Waals surface area contributed by atoms with Crippen molar-refractivity contribution >= 4 is 0 Å². The number of nitriles is 1. The Bertz CT molecular complexity index is 618. The van der Waals surface area contributed by atoms with Gasteiger partial charge in [-0.15, -0.1) is 0 Å². The molecule has 5 nitrogen and oxygen atoms in total. The molecule has 0 bridgehead atoms. The molecule has 1 aromatic heterocycles. The van der Waals surface area contributed by atoms with Gasteiger partial charge in [0.15, 0.2) is 6.61 Å². The van der Waals surface area contributed by atoms with Gasteiger partial charge in [0, 0.05) is 6.42 Å². The largest absolute Gasteiger partial charge is 0.485 e. The minimum absolute atomic E-state index is 0.265. The second kappa shape index (κ2) is 6.20. The first-order chi connectivity index (χ1) is 9.63. The van der Waals surface area contributed by atoms with Crippen molar-refractivity contribution in [2.24, 2.45) is 0 Å². The van der Waals surface area contributed by atoms with E-state index in [0.717, 1.165) is 29.7 Å². The Morgan fingerprint density at radius 1 is 1.30 bits per heavy atom. The van der Waals surface area contributed by atoms with E-state index in [9.17, 15) is 0 Å². The van der Waals surface area contributed by atoms with Crippen LogP contribution in [0.15, 0.2) is 16.7 Å². The van der Waals surface area contributed by atoms with Crippen LogP contribution in [0.4, 0.5) is 0 Å². The van der Waals surface area contributed by atoms with Gasteiger partial charge in [0.2, 0.25) is 11.7 Å². The molecule has 0 N–H and O–H groups in total. The summed E-state index contributed by atoms with van der Waals surface area (Å²) in [6.45, 7) is 6.16. The molecular weight excluding hydrogens is 254 g/mol. The lowest BCUT2D eigenvalue weighted by Crippen LogP contribution is -2.01. The van der Waals surface area contributed by atoms with Crippen molar-refractivity contribution in [3.63, 3.8) is 0 Å². The van der Waals surface area contributed by atoms with Crippen molar-refractivity contribution in [2.75, 3.05) is 0 Å².